The molecule has 104 valence electrons. The SMILES string of the molecule is Nc1cccc(OCCC2CCN(C(=O)O)CC2)n1. The van der Waals surface area contributed by atoms with Crippen LogP contribution in [0.5, 0.6) is 5.88 Å². The van der Waals surface area contributed by atoms with E-state index in [1.54, 1.807) is 12.1 Å². The summed E-state index contributed by atoms with van der Waals surface area (Å²) in [4.78, 5) is 16.3. The Morgan fingerprint density at radius 1 is 1.47 bits per heavy atom. The summed E-state index contributed by atoms with van der Waals surface area (Å²) in [6.07, 6.45) is 1.91. The number of aromatic nitrogens is 1. The summed E-state index contributed by atoms with van der Waals surface area (Å²) in [5.74, 6) is 1.52. The summed E-state index contributed by atoms with van der Waals surface area (Å²) < 4.78 is 5.54. The van der Waals surface area contributed by atoms with E-state index in [0.717, 1.165) is 19.3 Å². The predicted molar refractivity (Wildman–Crippen MR) is 71.1 cm³/mol. The molecule has 2 heterocycles. The molecule has 0 bridgehead atoms. The molecule has 0 unspecified atom stereocenters. The van der Waals surface area contributed by atoms with Crippen LogP contribution in [-0.2, 0) is 0 Å². The Hall–Kier alpha value is -1.98. The molecule has 1 aromatic heterocycles. The number of nitrogens with two attached hydrogens (primary N) is 1. The lowest BCUT2D eigenvalue weighted by atomic mass is 9.94. The summed E-state index contributed by atoms with van der Waals surface area (Å²) in [6, 6.07) is 5.31. The van der Waals surface area contributed by atoms with E-state index in [0.29, 0.717) is 37.3 Å². The van der Waals surface area contributed by atoms with Crippen LogP contribution in [0.1, 0.15) is 19.3 Å². The molecule has 0 atom stereocenters. The minimum Gasteiger partial charge on any atom is -0.478 e. The van der Waals surface area contributed by atoms with Crippen LogP contribution in [0.15, 0.2) is 18.2 Å². The van der Waals surface area contributed by atoms with E-state index in [1.807, 2.05) is 6.07 Å². The zero-order valence-corrected chi connectivity index (χ0v) is 10.8. The van der Waals surface area contributed by atoms with Gasteiger partial charge in [0.15, 0.2) is 0 Å². The summed E-state index contributed by atoms with van der Waals surface area (Å²) in [7, 11) is 0. The highest BCUT2D eigenvalue weighted by molar-refractivity contribution is 5.64. The Kier molecular flexibility index (Phi) is 4.43. The number of nitrogen functional groups attached to an aromatic ring is 1. The van der Waals surface area contributed by atoms with E-state index in [9.17, 15) is 4.79 Å². The number of nitrogens with zero attached hydrogens (tertiary/aromatic N) is 2. The van der Waals surface area contributed by atoms with E-state index >= 15 is 0 Å². The van der Waals surface area contributed by atoms with Gasteiger partial charge < -0.3 is 20.5 Å². The number of carbonyl (C=O) groups is 1. The first-order chi connectivity index (χ1) is 9.15. The topological polar surface area (TPSA) is 88.7 Å². The molecule has 1 fully saturated rings. The lowest BCUT2D eigenvalue weighted by Crippen LogP contribution is -2.37. The minimum absolute atomic E-state index is 0.451. The minimum atomic E-state index is -0.821. The fourth-order valence-electron chi connectivity index (χ4n) is 2.25. The van der Waals surface area contributed by atoms with Crippen molar-refractivity contribution in [2.45, 2.75) is 19.3 Å². The second kappa shape index (κ2) is 6.26. The van der Waals surface area contributed by atoms with Gasteiger partial charge in [-0.3, -0.25) is 0 Å². The highest BCUT2D eigenvalue weighted by Crippen LogP contribution is 2.21. The number of amides is 1. The Morgan fingerprint density at radius 3 is 2.84 bits per heavy atom. The van der Waals surface area contributed by atoms with E-state index < -0.39 is 6.09 Å². The third-order valence-electron chi connectivity index (χ3n) is 3.41. The maximum absolute atomic E-state index is 10.8. The first kappa shape index (κ1) is 13.5. The first-order valence-corrected chi connectivity index (χ1v) is 6.48. The number of ether oxygens (including phenoxy) is 1. The number of rotatable bonds is 4. The molecule has 1 aliphatic rings. The maximum Gasteiger partial charge on any atom is 0.407 e. The van der Waals surface area contributed by atoms with Gasteiger partial charge in [0.25, 0.3) is 0 Å². The van der Waals surface area contributed by atoms with Gasteiger partial charge in [-0.05, 0) is 31.2 Å². The summed E-state index contributed by atoms with van der Waals surface area (Å²) >= 11 is 0. The second-order valence-electron chi connectivity index (χ2n) is 4.75. The third kappa shape index (κ3) is 4.01. The van der Waals surface area contributed by atoms with Crippen LogP contribution < -0.4 is 10.5 Å². The quantitative estimate of drug-likeness (QED) is 0.866. The molecule has 1 amide bonds. The van der Waals surface area contributed by atoms with Crippen LogP contribution in [0, 0.1) is 5.92 Å². The molecule has 1 saturated heterocycles. The summed E-state index contributed by atoms with van der Waals surface area (Å²) in [5.41, 5.74) is 5.56. The van der Waals surface area contributed by atoms with E-state index in [1.165, 1.54) is 4.90 Å². The van der Waals surface area contributed by atoms with Gasteiger partial charge in [-0.1, -0.05) is 6.07 Å². The number of anilines is 1. The maximum atomic E-state index is 10.8. The van der Waals surface area contributed by atoms with Gasteiger partial charge in [-0.15, -0.1) is 0 Å². The Balaban J connectivity index is 1.68. The van der Waals surface area contributed by atoms with Crippen molar-refractivity contribution in [3.05, 3.63) is 18.2 Å². The Labute approximate surface area is 112 Å². The molecule has 0 aromatic carbocycles. The molecular weight excluding hydrogens is 246 g/mol. The lowest BCUT2D eigenvalue weighted by Gasteiger charge is -2.29. The summed E-state index contributed by atoms with van der Waals surface area (Å²) in [5, 5.41) is 8.86. The van der Waals surface area contributed by atoms with Gasteiger partial charge in [0.1, 0.15) is 5.82 Å². The Morgan fingerprint density at radius 2 is 2.21 bits per heavy atom. The van der Waals surface area contributed by atoms with Crippen molar-refractivity contribution in [3.63, 3.8) is 0 Å². The van der Waals surface area contributed by atoms with E-state index in [-0.39, 0.29) is 0 Å². The molecule has 1 aromatic rings. The van der Waals surface area contributed by atoms with Crippen molar-refractivity contribution in [2.24, 2.45) is 5.92 Å². The summed E-state index contributed by atoms with van der Waals surface area (Å²) in [6.45, 7) is 1.83. The fraction of sp³-hybridized carbons (Fsp3) is 0.538. The largest absolute Gasteiger partial charge is 0.478 e. The van der Waals surface area contributed by atoms with Crippen LogP contribution in [0.25, 0.3) is 0 Å². The van der Waals surface area contributed by atoms with Crippen molar-refractivity contribution in [1.29, 1.82) is 0 Å². The molecule has 0 radical (unpaired) electrons. The normalized spacial score (nSPS) is 16.3. The second-order valence-corrected chi connectivity index (χ2v) is 4.75. The molecule has 6 nitrogen and oxygen atoms in total. The monoisotopic (exact) mass is 265 g/mol. The molecular formula is C13H19N3O3. The van der Waals surface area contributed by atoms with Gasteiger partial charge in [0, 0.05) is 19.2 Å². The zero-order chi connectivity index (χ0) is 13.7. The molecule has 1 aliphatic heterocycles. The van der Waals surface area contributed by atoms with Crippen molar-refractivity contribution < 1.29 is 14.6 Å². The van der Waals surface area contributed by atoms with Gasteiger partial charge in [-0.25, -0.2) is 4.79 Å². The molecule has 0 aliphatic carbocycles. The number of hydrogen-bond acceptors (Lipinski definition) is 4. The number of likely N-dealkylation sites (tertiary alicyclic amines) is 1. The van der Waals surface area contributed by atoms with E-state index in [2.05, 4.69) is 4.98 Å². The predicted octanol–water partition coefficient (Wildman–Crippen LogP) is 1.82. The molecule has 0 saturated carbocycles. The van der Waals surface area contributed by atoms with Gasteiger partial charge in [0.2, 0.25) is 5.88 Å². The highest BCUT2D eigenvalue weighted by Gasteiger charge is 2.21. The van der Waals surface area contributed by atoms with Crippen molar-refractivity contribution in [3.8, 4) is 5.88 Å². The molecule has 19 heavy (non-hydrogen) atoms. The van der Waals surface area contributed by atoms with Crippen molar-refractivity contribution in [2.75, 3.05) is 25.4 Å². The van der Waals surface area contributed by atoms with Crippen LogP contribution in [0.3, 0.4) is 0 Å². The third-order valence-corrected chi connectivity index (χ3v) is 3.41. The number of hydrogen-bond donors (Lipinski definition) is 2. The van der Waals surface area contributed by atoms with Crippen molar-refractivity contribution in [1.82, 2.24) is 9.88 Å². The molecule has 6 heteroatoms. The van der Waals surface area contributed by atoms with Gasteiger partial charge in [0.05, 0.1) is 6.61 Å². The molecule has 0 spiro atoms. The van der Waals surface area contributed by atoms with Crippen LogP contribution in [-0.4, -0.2) is 40.8 Å². The number of pyridine rings is 1. The van der Waals surface area contributed by atoms with E-state index in [4.69, 9.17) is 15.6 Å². The molecule has 3 N–H and O–H groups in total. The van der Waals surface area contributed by atoms with Crippen LogP contribution in [0.2, 0.25) is 0 Å². The lowest BCUT2D eigenvalue weighted by molar-refractivity contribution is 0.119. The first-order valence-electron chi connectivity index (χ1n) is 6.48. The standard InChI is InChI=1S/C13H19N3O3/c14-11-2-1-3-12(15-11)19-9-6-10-4-7-16(8-5-10)13(17)18/h1-3,10H,4-9H2,(H2,14,15)(H,17,18). The molecule has 2 rings (SSSR count). The van der Waals surface area contributed by atoms with Crippen molar-refractivity contribution >= 4 is 11.9 Å². The fourth-order valence-corrected chi connectivity index (χ4v) is 2.25. The van der Waals surface area contributed by atoms with Crippen LogP contribution in [0.4, 0.5) is 10.6 Å². The average Bonchev–Trinajstić information content (AvgIpc) is 2.39. The zero-order valence-electron chi connectivity index (χ0n) is 10.8. The number of piperidine rings is 1. The smallest absolute Gasteiger partial charge is 0.407 e. The van der Waals surface area contributed by atoms with Gasteiger partial charge in [-0.2, -0.15) is 4.98 Å². The highest BCUT2D eigenvalue weighted by atomic mass is 16.5. The number of carboxylic acid groups (broad SMARTS) is 1. The average molecular weight is 265 g/mol. The van der Waals surface area contributed by atoms with Gasteiger partial charge >= 0.3 is 6.09 Å². The Bertz CT molecular complexity index is 431. The van der Waals surface area contributed by atoms with Crippen LogP contribution >= 0.6 is 0 Å².